The van der Waals surface area contributed by atoms with Crippen molar-refractivity contribution >= 4 is 23.1 Å². The molecule has 0 aromatic heterocycles. The summed E-state index contributed by atoms with van der Waals surface area (Å²) in [5.41, 5.74) is 3.86. The van der Waals surface area contributed by atoms with Crippen molar-refractivity contribution in [3.8, 4) is 0 Å². The van der Waals surface area contributed by atoms with Crippen LogP contribution in [0.25, 0.3) is 0 Å². The lowest BCUT2D eigenvalue weighted by atomic mass is 9.71. The van der Waals surface area contributed by atoms with Crippen LogP contribution in [0, 0.1) is 31.6 Å². The second-order valence-electron chi connectivity index (χ2n) is 7.14. The monoisotopic (exact) mass is 326 g/mol. The molecular formula is C20H22O4. The van der Waals surface area contributed by atoms with Crippen LogP contribution in [-0.2, 0) is 20.8 Å². The summed E-state index contributed by atoms with van der Waals surface area (Å²) in [5, 5.41) is 0. The molecule has 4 heteroatoms. The first-order valence-electron chi connectivity index (χ1n) is 8.56. The Morgan fingerprint density at radius 2 is 1.67 bits per heavy atom. The minimum Gasteiger partial charge on any atom is -0.298 e. The Morgan fingerprint density at radius 3 is 2.25 bits per heavy atom. The molecule has 0 amide bonds. The van der Waals surface area contributed by atoms with Gasteiger partial charge in [0.25, 0.3) is 0 Å². The van der Waals surface area contributed by atoms with Crippen molar-refractivity contribution in [3.63, 3.8) is 0 Å². The molecular weight excluding hydrogens is 304 g/mol. The van der Waals surface area contributed by atoms with Crippen molar-refractivity contribution in [3.05, 3.63) is 34.4 Å². The summed E-state index contributed by atoms with van der Waals surface area (Å²) < 4.78 is 0. The van der Waals surface area contributed by atoms with Crippen molar-refractivity contribution < 1.29 is 19.2 Å². The average Bonchev–Trinajstić information content (AvgIpc) is 2.83. The van der Waals surface area contributed by atoms with Crippen LogP contribution in [-0.4, -0.2) is 23.1 Å². The highest BCUT2D eigenvalue weighted by Gasteiger charge is 2.45. The molecule has 4 nitrogen and oxygen atoms in total. The third-order valence-electron chi connectivity index (χ3n) is 5.39. The van der Waals surface area contributed by atoms with E-state index >= 15 is 0 Å². The van der Waals surface area contributed by atoms with Gasteiger partial charge in [0.05, 0.1) is 0 Å². The topological polar surface area (TPSA) is 68.3 Å². The maximum Gasteiger partial charge on any atom is 0.167 e. The van der Waals surface area contributed by atoms with Crippen molar-refractivity contribution in [2.75, 3.05) is 0 Å². The number of fused-ring (bicyclic) bond motifs is 1. The summed E-state index contributed by atoms with van der Waals surface area (Å²) in [6.07, 6.45) is 1.10. The van der Waals surface area contributed by atoms with Gasteiger partial charge in [-0.25, -0.2) is 0 Å². The standard InChI is InChI=1S/C20H22O4/c1-4-15(21)19-16(22)8-12(9-17(19)23)14-7-13-6-10(2)5-11(3)18(13)20(14)24/h5-6,12,14,19H,4,7-9H2,1-3H3. The number of ketones is 4. The molecule has 0 N–H and O–H groups in total. The van der Waals surface area contributed by atoms with Gasteiger partial charge >= 0.3 is 0 Å². The van der Waals surface area contributed by atoms with Crippen molar-refractivity contribution in [2.45, 2.75) is 46.5 Å². The van der Waals surface area contributed by atoms with Gasteiger partial charge in [0.1, 0.15) is 5.92 Å². The van der Waals surface area contributed by atoms with E-state index in [4.69, 9.17) is 0 Å². The highest BCUT2D eigenvalue weighted by molar-refractivity contribution is 6.21. The fourth-order valence-electron chi connectivity index (χ4n) is 4.32. The maximum absolute atomic E-state index is 12.8. The van der Waals surface area contributed by atoms with E-state index in [-0.39, 0.29) is 54.2 Å². The Morgan fingerprint density at radius 1 is 1.04 bits per heavy atom. The number of Topliss-reactive ketones (excluding diaryl/α,β-unsaturated/α-hetero) is 4. The van der Waals surface area contributed by atoms with Gasteiger partial charge in [-0.1, -0.05) is 24.6 Å². The first kappa shape index (κ1) is 16.7. The zero-order valence-corrected chi connectivity index (χ0v) is 14.3. The summed E-state index contributed by atoms with van der Waals surface area (Å²) in [6.45, 7) is 5.59. The zero-order valence-electron chi connectivity index (χ0n) is 14.3. The second kappa shape index (κ2) is 6.08. The molecule has 1 unspecified atom stereocenters. The van der Waals surface area contributed by atoms with E-state index in [2.05, 4.69) is 0 Å². The lowest BCUT2D eigenvalue weighted by Gasteiger charge is -2.28. The molecule has 1 aromatic rings. The molecule has 0 spiro atoms. The van der Waals surface area contributed by atoms with Crippen LogP contribution >= 0.6 is 0 Å². The molecule has 1 saturated carbocycles. The average molecular weight is 326 g/mol. The van der Waals surface area contributed by atoms with E-state index in [1.165, 1.54) is 0 Å². The van der Waals surface area contributed by atoms with E-state index in [0.29, 0.717) is 6.42 Å². The van der Waals surface area contributed by atoms with Gasteiger partial charge in [0.2, 0.25) is 0 Å². The molecule has 0 radical (unpaired) electrons. The molecule has 0 bridgehead atoms. The van der Waals surface area contributed by atoms with Crippen LogP contribution in [0.1, 0.15) is 53.2 Å². The zero-order chi connectivity index (χ0) is 17.6. The lowest BCUT2D eigenvalue weighted by Crippen LogP contribution is -2.41. The highest BCUT2D eigenvalue weighted by atomic mass is 16.2. The molecule has 1 atom stereocenters. The number of hydrogen-bond acceptors (Lipinski definition) is 4. The molecule has 2 aliphatic carbocycles. The summed E-state index contributed by atoms with van der Waals surface area (Å²) in [4.78, 5) is 49.3. The fourth-order valence-corrected chi connectivity index (χ4v) is 4.32. The maximum atomic E-state index is 12.8. The Bertz CT molecular complexity index is 741. The normalized spacial score (nSPS) is 26.6. The smallest absolute Gasteiger partial charge is 0.167 e. The van der Waals surface area contributed by atoms with E-state index < -0.39 is 5.92 Å². The number of carbonyl (C=O) groups is 4. The van der Waals surface area contributed by atoms with Gasteiger partial charge < -0.3 is 0 Å². The fraction of sp³-hybridized carbons (Fsp3) is 0.500. The largest absolute Gasteiger partial charge is 0.298 e. The van der Waals surface area contributed by atoms with Crippen molar-refractivity contribution in [1.29, 1.82) is 0 Å². The summed E-state index contributed by atoms with van der Waals surface area (Å²) in [7, 11) is 0. The molecule has 1 aromatic carbocycles. The van der Waals surface area contributed by atoms with Crippen LogP contribution in [0.15, 0.2) is 12.1 Å². The number of rotatable bonds is 3. The Balaban J connectivity index is 1.84. The minimum absolute atomic E-state index is 0.0494. The van der Waals surface area contributed by atoms with Crippen molar-refractivity contribution in [2.24, 2.45) is 17.8 Å². The van der Waals surface area contributed by atoms with Gasteiger partial charge in [0, 0.05) is 30.7 Å². The molecule has 3 rings (SSSR count). The van der Waals surface area contributed by atoms with Gasteiger partial charge in [-0.3, -0.25) is 19.2 Å². The molecule has 0 aliphatic heterocycles. The van der Waals surface area contributed by atoms with Gasteiger partial charge in [0.15, 0.2) is 23.1 Å². The van der Waals surface area contributed by atoms with Crippen molar-refractivity contribution in [1.82, 2.24) is 0 Å². The molecule has 0 saturated heterocycles. The second-order valence-corrected chi connectivity index (χ2v) is 7.14. The van der Waals surface area contributed by atoms with Crippen LogP contribution in [0.5, 0.6) is 0 Å². The molecule has 1 fully saturated rings. The predicted octanol–water partition coefficient (Wildman–Crippen LogP) is 2.80. The van der Waals surface area contributed by atoms with Crippen LogP contribution in [0.2, 0.25) is 0 Å². The van der Waals surface area contributed by atoms with E-state index in [1.54, 1.807) is 6.92 Å². The Kier molecular flexibility index (Phi) is 4.24. The van der Waals surface area contributed by atoms with Crippen LogP contribution in [0.3, 0.4) is 0 Å². The third kappa shape index (κ3) is 2.64. The number of benzene rings is 1. The molecule has 24 heavy (non-hydrogen) atoms. The van der Waals surface area contributed by atoms with Crippen LogP contribution < -0.4 is 0 Å². The Labute approximate surface area is 141 Å². The third-order valence-corrected chi connectivity index (χ3v) is 5.39. The SMILES string of the molecule is CCC(=O)C1C(=O)CC(C2Cc3cc(C)cc(C)c3C2=O)CC1=O. The Hall–Kier alpha value is -2.10. The quantitative estimate of drug-likeness (QED) is 0.801. The number of hydrogen-bond donors (Lipinski definition) is 0. The van der Waals surface area contributed by atoms with Gasteiger partial charge in [-0.15, -0.1) is 0 Å². The van der Waals surface area contributed by atoms with Gasteiger partial charge in [-0.05, 0) is 37.3 Å². The molecule has 126 valence electrons. The molecule has 0 heterocycles. The first-order chi connectivity index (χ1) is 11.3. The summed E-state index contributed by atoms with van der Waals surface area (Å²) in [5.74, 6) is -2.53. The van der Waals surface area contributed by atoms with E-state index in [0.717, 1.165) is 22.3 Å². The lowest BCUT2D eigenvalue weighted by molar-refractivity contribution is -0.143. The van der Waals surface area contributed by atoms with E-state index in [1.807, 2.05) is 26.0 Å². The van der Waals surface area contributed by atoms with E-state index in [9.17, 15) is 19.2 Å². The number of aryl methyl sites for hydroxylation is 2. The highest BCUT2D eigenvalue weighted by Crippen LogP contribution is 2.39. The summed E-state index contributed by atoms with van der Waals surface area (Å²) >= 11 is 0. The number of carbonyl (C=O) groups excluding carboxylic acids is 4. The minimum atomic E-state index is -1.09. The predicted molar refractivity (Wildman–Crippen MR) is 89.0 cm³/mol. The first-order valence-corrected chi connectivity index (χ1v) is 8.56. The molecule has 2 aliphatic rings. The summed E-state index contributed by atoms with van der Waals surface area (Å²) in [6, 6.07) is 4.02. The van der Waals surface area contributed by atoms with Crippen LogP contribution in [0.4, 0.5) is 0 Å². The van der Waals surface area contributed by atoms with Gasteiger partial charge in [-0.2, -0.15) is 0 Å².